The summed E-state index contributed by atoms with van der Waals surface area (Å²) in [6.07, 6.45) is 1.50. The number of rotatable bonds is 3. The van der Waals surface area contributed by atoms with Gasteiger partial charge in [-0.1, -0.05) is 6.07 Å². The van der Waals surface area contributed by atoms with Crippen molar-refractivity contribution in [3.05, 3.63) is 29.6 Å². The lowest BCUT2D eigenvalue weighted by Gasteiger charge is -2.26. The van der Waals surface area contributed by atoms with Crippen LogP contribution in [0.2, 0.25) is 0 Å². The third-order valence-corrected chi connectivity index (χ3v) is 3.68. The third kappa shape index (κ3) is 3.08. The van der Waals surface area contributed by atoms with Crippen molar-refractivity contribution < 1.29 is 14.3 Å². The first kappa shape index (κ1) is 13.3. The molecule has 6 nitrogen and oxygen atoms in total. The van der Waals surface area contributed by atoms with Crippen LogP contribution in [0.5, 0.6) is 0 Å². The van der Waals surface area contributed by atoms with Gasteiger partial charge < -0.3 is 9.47 Å². The third-order valence-electron chi connectivity index (χ3n) is 3.68. The first-order chi connectivity index (χ1) is 9.83. The van der Waals surface area contributed by atoms with Crippen molar-refractivity contribution in [2.45, 2.75) is 13.1 Å². The summed E-state index contributed by atoms with van der Waals surface area (Å²) >= 11 is 0. The lowest BCUT2D eigenvalue weighted by molar-refractivity contribution is 0.0246. The number of ether oxygens (including phenoxy) is 2. The molecule has 20 heavy (non-hydrogen) atoms. The Balaban J connectivity index is 1.42. The Morgan fingerprint density at radius 2 is 2.20 bits per heavy atom. The maximum Gasteiger partial charge on any atom is 0.410 e. The average molecular weight is 277 g/mol. The van der Waals surface area contributed by atoms with Crippen molar-refractivity contribution in [2.75, 3.05) is 39.5 Å². The maximum atomic E-state index is 12.0. The van der Waals surface area contributed by atoms with E-state index in [0.717, 1.165) is 44.1 Å². The largest absolute Gasteiger partial charge is 0.448 e. The van der Waals surface area contributed by atoms with Crippen LogP contribution in [0.15, 0.2) is 18.3 Å². The molecule has 0 aromatic carbocycles. The molecular formula is C14H19N3O3. The standard InChI is InChI=1S/C14H19N3O3/c18-14(20-9-6-16-4-7-19-8-5-16)17-10-12-2-1-3-15-13(12)11-17/h1-3H,4-11H2. The molecule has 0 N–H and O–H groups in total. The monoisotopic (exact) mass is 277 g/mol. The van der Waals surface area contributed by atoms with Crippen LogP contribution >= 0.6 is 0 Å². The van der Waals surface area contributed by atoms with Gasteiger partial charge in [0.2, 0.25) is 0 Å². The molecule has 0 spiro atoms. The minimum Gasteiger partial charge on any atom is -0.448 e. The van der Waals surface area contributed by atoms with Crippen molar-refractivity contribution in [2.24, 2.45) is 0 Å². The summed E-state index contributed by atoms with van der Waals surface area (Å²) < 4.78 is 10.6. The lowest BCUT2D eigenvalue weighted by Crippen LogP contribution is -2.39. The summed E-state index contributed by atoms with van der Waals surface area (Å²) in [4.78, 5) is 20.2. The van der Waals surface area contributed by atoms with Crippen molar-refractivity contribution in [1.82, 2.24) is 14.8 Å². The van der Waals surface area contributed by atoms with Gasteiger partial charge in [-0.25, -0.2) is 4.79 Å². The molecule has 2 aliphatic rings. The first-order valence-corrected chi connectivity index (χ1v) is 6.97. The van der Waals surface area contributed by atoms with Crippen LogP contribution in [0, 0.1) is 0 Å². The zero-order chi connectivity index (χ0) is 13.8. The van der Waals surface area contributed by atoms with Gasteiger partial charge in [-0.3, -0.25) is 14.8 Å². The van der Waals surface area contributed by atoms with E-state index >= 15 is 0 Å². The van der Waals surface area contributed by atoms with Crippen LogP contribution in [0.25, 0.3) is 0 Å². The van der Waals surface area contributed by atoms with E-state index in [-0.39, 0.29) is 6.09 Å². The zero-order valence-corrected chi connectivity index (χ0v) is 11.5. The van der Waals surface area contributed by atoms with Gasteiger partial charge >= 0.3 is 6.09 Å². The highest BCUT2D eigenvalue weighted by atomic mass is 16.6. The summed E-state index contributed by atoms with van der Waals surface area (Å²) in [5.41, 5.74) is 2.08. The molecule has 2 aliphatic heterocycles. The van der Waals surface area contributed by atoms with Crippen molar-refractivity contribution >= 4 is 6.09 Å². The molecule has 0 saturated carbocycles. The van der Waals surface area contributed by atoms with E-state index in [2.05, 4.69) is 9.88 Å². The molecule has 0 unspecified atom stereocenters. The number of aromatic nitrogens is 1. The number of carbonyl (C=O) groups is 1. The van der Waals surface area contributed by atoms with E-state index in [4.69, 9.17) is 9.47 Å². The molecule has 0 atom stereocenters. The molecule has 6 heteroatoms. The second-order valence-electron chi connectivity index (χ2n) is 5.03. The quantitative estimate of drug-likeness (QED) is 0.820. The second-order valence-corrected chi connectivity index (χ2v) is 5.03. The maximum absolute atomic E-state index is 12.0. The highest BCUT2D eigenvalue weighted by Gasteiger charge is 2.25. The molecule has 1 aromatic heterocycles. The highest BCUT2D eigenvalue weighted by Crippen LogP contribution is 2.20. The first-order valence-electron chi connectivity index (χ1n) is 6.97. The second kappa shape index (κ2) is 6.19. The predicted molar refractivity (Wildman–Crippen MR) is 72.1 cm³/mol. The van der Waals surface area contributed by atoms with Crippen LogP contribution in [-0.2, 0) is 22.6 Å². The summed E-state index contributed by atoms with van der Waals surface area (Å²) in [6.45, 7) is 5.70. The van der Waals surface area contributed by atoms with Gasteiger partial charge in [0.1, 0.15) is 6.61 Å². The smallest absolute Gasteiger partial charge is 0.410 e. The Morgan fingerprint density at radius 1 is 1.35 bits per heavy atom. The number of fused-ring (bicyclic) bond motifs is 1. The topological polar surface area (TPSA) is 54.9 Å². The number of pyridine rings is 1. The van der Waals surface area contributed by atoms with E-state index in [1.165, 1.54) is 0 Å². The van der Waals surface area contributed by atoms with Crippen LogP contribution in [-0.4, -0.2) is 60.3 Å². The summed E-state index contributed by atoms with van der Waals surface area (Å²) in [6, 6.07) is 3.90. The molecule has 1 aromatic rings. The van der Waals surface area contributed by atoms with Gasteiger partial charge in [0.15, 0.2) is 0 Å². The average Bonchev–Trinajstić information content (AvgIpc) is 2.92. The molecule has 3 rings (SSSR count). The van der Waals surface area contributed by atoms with E-state index in [9.17, 15) is 4.79 Å². The van der Waals surface area contributed by atoms with Gasteiger partial charge in [-0.05, 0) is 11.6 Å². The van der Waals surface area contributed by atoms with Crippen molar-refractivity contribution in [3.8, 4) is 0 Å². The van der Waals surface area contributed by atoms with Crippen LogP contribution in [0.1, 0.15) is 11.3 Å². The van der Waals surface area contributed by atoms with E-state index in [1.54, 1.807) is 11.1 Å². The predicted octanol–water partition coefficient (Wildman–Crippen LogP) is 0.866. The van der Waals surface area contributed by atoms with Gasteiger partial charge in [0, 0.05) is 25.8 Å². The van der Waals surface area contributed by atoms with Gasteiger partial charge in [0.25, 0.3) is 0 Å². The molecule has 0 bridgehead atoms. The van der Waals surface area contributed by atoms with Crippen molar-refractivity contribution in [1.29, 1.82) is 0 Å². The Kier molecular flexibility index (Phi) is 4.13. The molecule has 1 amide bonds. The van der Waals surface area contributed by atoms with Gasteiger partial charge in [0.05, 0.1) is 32.0 Å². The van der Waals surface area contributed by atoms with Crippen LogP contribution in [0.4, 0.5) is 4.79 Å². The minimum atomic E-state index is -0.253. The van der Waals surface area contributed by atoms with Crippen molar-refractivity contribution in [3.63, 3.8) is 0 Å². The Labute approximate surface area is 118 Å². The molecular weight excluding hydrogens is 258 g/mol. The zero-order valence-electron chi connectivity index (χ0n) is 11.5. The minimum absolute atomic E-state index is 0.253. The van der Waals surface area contributed by atoms with E-state index < -0.39 is 0 Å². The molecule has 108 valence electrons. The summed E-state index contributed by atoms with van der Waals surface area (Å²) in [5.74, 6) is 0. The Bertz CT molecular complexity index is 449. The van der Waals surface area contributed by atoms with Gasteiger partial charge in [-0.15, -0.1) is 0 Å². The number of carbonyl (C=O) groups excluding carboxylic acids is 1. The number of amides is 1. The van der Waals surface area contributed by atoms with Crippen LogP contribution < -0.4 is 0 Å². The SMILES string of the molecule is O=C(OCCN1CCOCC1)N1Cc2cccnc2C1. The molecule has 1 fully saturated rings. The van der Waals surface area contributed by atoms with E-state index in [0.29, 0.717) is 19.7 Å². The lowest BCUT2D eigenvalue weighted by atomic mass is 10.2. The van der Waals surface area contributed by atoms with Crippen LogP contribution in [0.3, 0.4) is 0 Å². The number of hydrogen-bond acceptors (Lipinski definition) is 5. The summed E-state index contributed by atoms with van der Waals surface area (Å²) in [5, 5.41) is 0. The van der Waals surface area contributed by atoms with E-state index in [1.807, 2.05) is 12.1 Å². The Morgan fingerprint density at radius 3 is 3.00 bits per heavy atom. The fourth-order valence-electron chi connectivity index (χ4n) is 2.51. The molecule has 1 saturated heterocycles. The number of hydrogen-bond donors (Lipinski definition) is 0. The molecule has 3 heterocycles. The molecule has 0 aliphatic carbocycles. The Hall–Kier alpha value is -1.66. The number of morpholine rings is 1. The highest BCUT2D eigenvalue weighted by molar-refractivity contribution is 5.68. The normalized spacial score (nSPS) is 18.9. The van der Waals surface area contributed by atoms with Gasteiger partial charge in [-0.2, -0.15) is 0 Å². The fraction of sp³-hybridized carbons (Fsp3) is 0.571. The fourth-order valence-corrected chi connectivity index (χ4v) is 2.51. The molecule has 0 radical (unpaired) electrons. The number of nitrogens with zero attached hydrogens (tertiary/aromatic N) is 3. The summed E-state index contributed by atoms with van der Waals surface area (Å²) in [7, 11) is 0.